The molecule has 3 amide bonds. The van der Waals surface area contributed by atoms with Crippen molar-refractivity contribution in [2.24, 2.45) is 0 Å². The predicted octanol–water partition coefficient (Wildman–Crippen LogP) is 0.150. The van der Waals surface area contributed by atoms with Crippen molar-refractivity contribution < 1.29 is 19.1 Å². The highest BCUT2D eigenvalue weighted by molar-refractivity contribution is 6.06. The van der Waals surface area contributed by atoms with Crippen LogP contribution in [-0.2, 0) is 14.3 Å². The van der Waals surface area contributed by atoms with E-state index in [1.807, 2.05) is 0 Å². The molecule has 3 saturated heterocycles. The Balaban J connectivity index is 1.52. The lowest BCUT2D eigenvalue weighted by Crippen LogP contribution is -2.55. The first-order valence-corrected chi connectivity index (χ1v) is 8.02. The Hall–Kier alpha value is -1.18. The molecule has 22 heavy (non-hydrogen) atoms. The Morgan fingerprint density at radius 3 is 2.45 bits per heavy atom. The Kier molecular flexibility index (Phi) is 4.38. The van der Waals surface area contributed by atoms with Crippen LogP contribution in [0.5, 0.6) is 0 Å². The second-order valence-corrected chi connectivity index (χ2v) is 6.44. The van der Waals surface area contributed by atoms with Crippen molar-refractivity contribution >= 4 is 11.9 Å². The molecule has 0 N–H and O–H groups in total. The van der Waals surface area contributed by atoms with Crippen LogP contribution in [0.2, 0.25) is 0 Å². The summed E-state index contributed by atoms with van der Waals surface area (Å²) in [5.74, 6) is -0.0522. The number of amides is 3. The monoisotopic (exact) mass is 311 g/mol. The minimum atomic E-state index is -0.618. The van der Waals surface area contributed by atoms with Gasteiger partial charge in [-0.2, -0.15) is 0 Å². The normalized spacial score (nSPS) is 29.6. The minimum absolute atomic E-state index is 0.0522. The van der Waals surface area contributed by atoms with E-state index in [0.29, 0.717) is 32.7 Å². The minimum Gasteiger partial charge on any atom is -0.376 e. The maximum Gasteiger partial charge on any atom is 0.327 e. The van der Waals surface area contributed by atoms with Crippen LogP contribution in [0.1, 0.15) is 19.3 Å². The Morgan fingerprint density at radius 2 is 1.91 bits per heavy atom. The van der Waals surface area contributed by atoms with Crippen molar-refractivity contribution in [3.8, 4) is 0 Å². The molecule has 1 atom stereocenters. The second kappa shape index (κ2) is 6.14. The lowest BCUT2D eigenvalue weighted by atomic mass is 9.86. The Morgan fingerprint density at radius 1 is 1.18 bits per heavy atom. The van der Waals surface area contributed by atoms with E-state index in [9.17, 15) is 9.59 Å². The maximum absolute atomic E-state index is 12.4. The summed E-state index contributed by atoms with van der Waals surface area (Å²) in [7, 11) is 3.31. The van der Waals surface area contributed by atoms with Crippen LogP contribution in [0.25, 0.3) is 0 Å². The molecular formula is C15H25N3O4. The Bertz CT molecular complexity index is 442. The molecule has 0 aromatic carbocycles. The summed E-state index contributed by atoms with van der Waals surface area (Å²) in [5, 5.41) is 0. The second-order valence-electron chi connectivity index (χ2n) is 6.44. The zero-order chi connectivity index (χ0) is 15.7. The molecule has 3 aliphatic rings. The zero-order valence-corrected chi connectivity index (χ0v) is 13.4. The van der Waals surface area contributed by atoms with Gasteiger partial charge in [0, 0.05) is 33.7 Å². The van der Waals surface area contributed by atoms with Crippen LogP contribution in [0.15, 0.2) is 0 Å². The fraction of sp³-hybridized carbons (Fsp3) is 0.867. The molecule has 0 aromatic rings. The van der Waals surface area contributed by atoms with E-state index >= 15 is 0 Å². The van der Waals surface area contributed by atoms with Crippen LogP contribution in [0.3, 0.4) is 0 Å². The number of carbonyl (C=O) groups excluding carboxylic acids is 2. The average Bonchev–Trinajstić information content (AvgIpc) is 2.72. The maximum atomic E-state index is 12.4. The fourth-order valence-electron chi connectivity index (χ4n) is 3.68. The van der Waals surface area contributed by atoms with Gasteiger partial charge in [-0.1, -0.05) is 0 Å². The predicted molar refractivity (Wildman–Crippen MR) is 79.5 cm³/mol. The van der Waals surface area contributed by atoms with Crippen molar-refractivity contribution in [2.45, 2.75) is 30.9 Å². The van der Waals surface area contributed by atoms with E-state index in [2.05, 4.69) is 4.90 Å². The third kappa shape index (κ3) is 2.61. The van der Waals surface area contributed by atoms with Gasteiger partial charge >= 0.3 is 6.03 Å². The van der Waals surface area contributed by atoms with Crippen molar-refractivity contribution in [2.75, 3.05) is 53.6 Å². The SMILES string of the molecule is CN1C(=O)N(C)C2(CCN(CCC3COCCO3)CC2)C1=O. The molecular weight excluding hydrogens is 286 g/mol. The summed E-state index contributed by atoms with van der Waals surface area (Å²) < 4.78 is 11.1. The standard InChI is InChI=1S/C15H25N3O4/c1-16-13(19)15(17(2)14(16)20)4-7-18(8-5-15)6-3-12-11-21-9-10-22-12/h12H,3-11H2,1-2H3. The van der Waals surface area contributed by atoms with Crippen molar-refractivity contribution in [1.29, 1.82) is 0 Å². The van der Waals surface area contributed by atoms with Gasteiger partial charge in [0.15, 0.2) is 0 Å². The molecule has 0 aromatic heterocycles. The van der Waals surface area contributed by atoms with E-state index in [1.165, 1.54) is 4.90 Å². The van der Waals surface area contributed by atoms with Crippen LogP contribution < -0.4 is 0 Å². The van der Waals surface area contributed by atoms with Gasteiger partial charge in [0.05, 0.1) is 25.9 Å². The molecule has 7 heteroatoms. The first-order chi connectivity index (χ1) is 10.5. The number of ether oxygens (including phenoxy) is 2. The average molecular weight is 311 g/mol. The molecule has 3 rings (SSSR count). The number of hydrogen-bond acceptors (Lipinski definition) is 5. The van der Waals surface area contributed by atoms with Gasteiger partial charge in [-0.15, -0.1) is 0 Å². The molecule has 1 spiro atoms. The van der Waals surface area contributed by atoms with Gasteiger partial charge in [-0.25, -0.2) is 4.79 Å². The van der Waals surface area contributed by atoms with Crippen LogP contribution in [0.4, 0.5) is 4.79 Å². The molecule has 7 nitrogen and oxygen atoms in total. The summed E-state index contributed by atoms with van der Waals surface area (Å²) in [6.07, 6.45) is 2.56. The van der Waals surface area contributed by atoms with Crippen LogP contribution in [-0.4, -0.2) is 91.8 Å². The molecule has 0 radical (unpaired) electrons. The quantitative estimate of drug-likeness (QED) is 0.694. The molecule has 0 bridgehead atoms. The van der Waals surface area contributed by atoms with Crippen molar-refractivity contribution in [3.05, 3.63) is 0 Å². The largest absolute Gasteiger partial charge is 0.376 e. The van der Waals surface area contributed by atoms with Gasteiger partial charge in [0.25, 0.3) is 5.91 Å². The van der Waals surface area contributed by atoms with Gasteiger partial charge in [-0.05, 0) is 19.3 Å². The molecule has 3 heterocycles. The lowest BCUT2D eigenvalue weighted by molar-refractivity contribution is -0.134. The van der Waals surface area contributed by atoms with E-state index in [0.717, 1.165) is 26.1 Å². The number of rotatable bonds is 3. The van der Waals surface area contributed by atoms with Crippen LogP contribution in [0, 0.1) is 0 Å². The summed E-state index contributed by atoms with van der Waals surface area (Å²) >= 11 is 0. The topological polar surface area (TPSA) is 62.3 Å². The summed E-state index contributed by atoms with van der Waals surface area (Å²) in [4.78, 5) is 29.6. The smallest absolute Gasteiger partial charge is 0.327 e. The summed E-state index contributed by atoms with van der Waals surface area (Å²) in [6.45, 7) is 4.68. The molecule has 0 aliphatic carbocycles. The van der Waals surface area contributed by atoms with Crippen molar-refractivity contribution in [1.82, 2.24) is 14.7 Å². The number of hydrogen-bond donors (Lipinski definition) is 0. The van der Waals surface area contributed by atoms with Crippen molar-refractivity contribution in [3.63, 3.8) is 0 Å². The van der Waals surface area contributed by atoms with E-state index in [1.54, 1.807) is 19.0 Å². The van der Waals surface area contributed by atoms with E-state index < -0.39 is 5.54 Å². The highest BCUT2D eigenvalue weighted by atomic mass is 16.6. The number of likely N-dealkylation sites (tertiary alicyclic amines) is 1. The Labute approximate surface area is 131 Å². The number of likely N-dealkylation sites (N-methyl/N-ethyl adjacent to an activating group) is 2. The van der Waals surface area contributed by atoms with Gasteiger partial charge in [-0.3, -0.25) is 9.69 Å². The molecule has 1 unspecified atom stereocenters. The lowest BCUT2D eigenvalue weighted by Gasteiger charge is -2.41. The van der Waals surface area contributed by atoms with Gasteiger partial charge in [0.2, 0.25) is 0 Å². The third-order valence-corrected chi connectivity index (χ3v) is 5.25. The van der Waals surface area contributed by atoms with Crippen LogP contribution >= 0.6 is 0 Å². The number of imide groups is 1. The fourth-order valence-corrected chi connectivity index (χ4v) is 3.68. The van der Waals surface area contributed by atoms with E-state index in [4.69, 9.17) is 9.47 Å². The highest BCUT2D eigenvalue weighted by Crippen LogP contribution is 2.35. The van der Waals surface area contributed by atoms with E-state index in [-0.39, 0.29) is 18.0 Å². The number of nitrogens with zero attached hydrogens (tertiary/aromatic N) is 3. The number of carbonyl (C=O) groups is 2. The number of urea groups is 1. The summed E-state index contributed by atoms with van der Waals surface area (Å²) in [5.41, 5.74) is -0.618. The molecule has 0 saturated carbocycles. The summed E-state index contributed by atoms with van der Waals surface area (Å²) in [6, 6.07) is -0.189. The molecule has 3 fully saturated rings. The molecule has 3 aliphatic heterocycles. The third-order valence-electron chi connectivity index (χ3n) is 5.25. The zero-order valence-electron chi connectivity index (χ0n) is 13.4. The van der Waals surface area contributed by atoms with Gasteiger partial charge in [0.1, 0.15) is 5.54 Å². The first-order valence-electron chi connectivity index (χ1n) is 8.02. The first kappa shape index (κ1) is 15.7. The number of piperidine rings is 1. The van der Waals surface area contributed by atoms with Gasteiger partial charge < -0.3 is 19.3 Å². The highest BCUT2D eigenvalue weighted by Gasteiger charge is 2.55. The molecule has 124 valence electrons.